The van der Waals surface area contributed by atoms with Gasteiger partial charge in [-0.3, -0.25) is 9.59 Å². The molecule has 0 aliphatic rings. The predicted octanol–water partition coefficient (Wildman–Crippen LogP) is 4.02. The maximum absolute atomic E-state index is 12.6. The maximum Gasteiger partial charge on any atom is 0.339 e. The fourth-order valence-corrected chi connectivity index (χ4v) is 3.65. The quantitative estimate of drug-likeness (QED) is 0.361. The number of aryl methyl sites for hydroxylation is 1. The monoisotopic (exact) mass is 451 g/mol. The van der Waals surface area contributed by atoms with Crippen LogP contribution in [0, 0.1) is 6.92 Å². The smallest absolute Gasteiger partial charge is 0.339 e. The molecule has 1 heterocycles. The van der Waals surface area contributed by atoms with Crippen LogP contribution >= 0.6 is 0 Å². The molecule has 0 saturated carbocycles. The molecule has 2 aromatic carbocycles. The summed E-state index contributed by atoms with van der Waals surface area (Å²) in [7, 11) is 1.54. The van der Waals surface area contributed by atoms with E-state index in [1.165, 1.54) is 0 Å². The molecule has 7 nitrogen and oxygen atoms in total. The second-order valence-electron chi connectivity index (χ2n) is 8.12. The van der Waals surface area contributed by atoms with Crippen LogP contribution in [0.5, 0.6) is 5.75 Å². The molecule has 0 bridgehead atoms. The van der Waals surface area contributed by atoms with Crippen LogP contribution in [0.3, 0.4) is 0 Å². The van der Waals surface area contributed by atoms with Gasteiger partial charge in [0.25, 0.3) is 5.91 Å². The van der Waals surface area contributed by atoms with E-state index in [0.29, 0.717) is 23.4 Å². The van der Waals surface area contributed by atoms with Crippen LogP contribution in [0.15, 0.2) is 57.7 Å². The Morgan fingerprint density at radius 1 is 1.09 bits per heavy atom. The average molecular weight is 452 g/mol. The average Bonchev–Trinajstić information content (AvgIpc) is 2.80. The lowest BCUT2D eigenvalue weighted by molar-refractivity contribution is -0.153. The maximum atomic E-state index is 12.6. The van der Waals surface area contributed by atoms with Crippen LogP contribution < -0.4 is 10.4 Å². The van der Waals surface area contributed by atoms with Crippen molar-refractivity contribution in [3.8, 4) is 5.75 Å². The molecular formula is C26H29NO6. The molecule has 0 spiro atoms. The SMILES string of the molecule is COc1ccc2c(C)c(CCC(=O)OCC(=O)N(Cc3ccccc3)C(C)C)c(=O)oc2c1. The van der Waals surface area contributed by atoms with E-state index in [-0.39, 0.29) is 31.4 Å². The highest BCUT2D eigenvalue weighted by Crippen LogP contribution is 2.24. The molecule has 0 atom stereocenters. The van der Waals surface area contributed by atoms with E-state index < -0.39 is 11.6 Å². The second-order valence-corrected chi connectivity index (χ2v) is 8.12. The van der Waals surface area contributed by atoms with Crippen LogP contribution in [0.25, 0.3) is 11.0 Å². The Kier molecular flexibility index (Phi) is 7.87. The molecule has 33 heavy (non-hydrogen) atoms. The number of nitrogens with zero attached hydrogens (tertiary/aromatic N) is 1. The highest BCUT2D eigenvalue weighted by molar-refractivity contribution is 5.83. The number of hydrogen-bond donors (Lipinski definition) is 0. The molecule has 1 aromatic heterocycles. The summed E-state index contributed by atoms with van der Waals surface area (Å²) in [6.07, 6.45) is 0.141. The largest absolute Gasteiger partial charge is 0.497 e. The Bertz CT molecular complexity index is 1180. The predicted molar refractivity (Wildman–Crippen MR) is 125 cm³/mol. The topological polar surface area (TPSA) is 86.0 Å². The lowest BCUT2D eigenvalue weighted by Gasteiger charge is -2.26. The minimum absolute atomic E-state index is 0.0269. The lowest BCUT2D eigenvalue weighted by Crippen LogP contribution is -2.39. The molecule has 0 aliphatic carbocycles. The van der Waals surface area contributed by atoms with Gasteiger partial charge in [0.05, 0.1) is 7.11 Å². The molecule has 0 unspecified atom stereocenters. The third-order valence-corrected chi connectivity index (χ3v) is 5.57. The van der Waals surface area contributed by atoms with Gasteiger partial charge in [0.1, 0.15) is 11.3 Å². The molecule has 0 saturated heterocycles. The Balaban J connectivity index is 1.60. The van der Waals surface area contributed by atoms with Crippen LogP contribution in [0.1, 0.15) is 37.0 Å². The van der Waals surface area contributed by atoms with Gasteiger partial charge in [-0.1, -0.05) is 30.3 Å². The van der Waals surface area contributed by atoms with E-state index in [1.807, 2.05) is 57.2 Å². The van der Waals surface area contributed by atoms with Crippen LogP contribution in [0.4, 0.5) is 0 Å². The minimum Gasteiger partial charge on any atom is -0.497 e. The van der Waals surface area contributed by atoms with Gasteiger partial charge in [0.2, 0.25) is 0 Å². The zero-order chi connectivity index (χ0) is 24.0. The molecular weight excluding hydrogens is 422 g/mol. The third kappa shape index (κ3) is 6.00. The Hall–Kier alpha value is -3.61. The van der Waals surface area contributed by atoms with Crippen molar-refractivity contribution in [1.82, 2.24) is 4.90 Å². The Morgan fingerprint density at radius 2 is 1.82 bits per heavy atom. The molecule has 174 valence electrons. The summed E-state index contributed by atoms with van der Waals surface area (Å²) in [5.74, 6) is -0.216. The van der Waals surface area contributed by atoms with Gasteiger partial charge in [-0.25, -0.2) is 4.79 Å². The van der Waals surface area contributed by atoms with E-state index in [9.17, 15) is 14.4 Å². The second kappa shape index (κ2) is 10.8. The molecule has 3 rings (SSSR count). The summed E-state index contributed by atoms with van der Waals surface area (Å²) < 4.78 is 15.8. The number of methoxy groups -OCH3 is 1. The van der Waals surface area contributed by atoms with Crippen LogP contribution in [0.2, 0.25) is 0 Å². The van der Waals surface area contributed by atoms with Crippen molar-refractivity contribution < 1.29 is 23.5 Å². The van der Waals surface area contributed by atoms with E-state index in [0.717, 1.165) is 16.5 Å². The van der Waals surface area contributed by atoms with Crippen LogP contribution in [-0.4, -0.2) is 36.5 Å². The first-order valence-corrected chi connectivity index (χ1v) is 10.9. The first-order valence-electron chi connectivity index (χ1n) is 10.9. The van der Waals surface area contributed by atoms with Crippen molar-refractivity contribution in [2.45, 2.75) is 46.2 Å². The summed E-state index contributed by atoms with van der Waals surface area (Å²) in [5, 5.41) is 0.780. The third-order valence-electron chi connectivity index (χ3n) is 5.57. The van der Waals surface area contributed by atoms with Gasteiger partial charge in [-0.2, -0.15) is 0 Å². The van der Waals surface area contributed by atoms with Gasteiger partial charge in [-0.15, -0.1) is 0 Å². The van der Waals surface area contributed by atoms with Gasteiger partial charge in [0.15, 0.2) is 6.61 Å². The number of benzene rings is 2. The first-order chi connectivity index (χ1) is 15.8. The number of hydrogen-bond acceptors (Lipinski definition) is 6. The lowest BCUT2D eigenvalue weighted by atomic mass is 10.0. The van der Waals surface area contributed by atoms with Crippen molar-refractivity contribution in [3.63, 3.8) is 0 Å². The van der Waals surface area contributed by atoms with Crippen molar-refractivity contribution in [3.05, 3.63) is 75.6 Å². The van der Waals surface area contributed by atoms with Gasteiger partial charge >= 0.3 is 11.6 Å². The van der Waals surface area contributed by atoms with Crippen molar-refractivity contribution in [1.29, 1.82) is 0 Å². The summed E-state index contributed by atoms with van der Waals surface area (Å²) >= 11 is 0. The molecule has 0 N–H and O–H groups in total. The summed E-state index contributed by atoms with van der Waals surface area (Å²) in [6.45, 7) is 5.76. The normalized spacial score (nSPS) is 10.9. The van der Waals surface area contributed by atoms with Gasteiger partial charge in [0, 0.05) is 36.0 Å². The van der Waals surface area contributed by atoms with Gasteiger partial charge < -0.3 is 18.8 Å². The zero-order valence-corrected chi connectivity index (χ0v) is 19.4. The minimum atomic E-state index is -0.541. The molecule has 3 aromatic rings. The summed E-state index contributed by atoms with van der Waals surface area (Å²) in [6, 6.07) is 14.9. The van der Waals surface area contributed by atoms with Crippen LogP contribution in [-0.2, 0) is 27.3 Å². The number of fused-ring (bicyclic) bond motifs is 1. The molecule has 0 aliphatic heterocycles. The fraction of sp³-hybridized carbons (Fsp3) is 0.346. The first kappa shape index (κ1) is 24.0. The van der Waals surface area contributed by atoms with E-state index in [2.05, 4.69) is 0 Å². The van der Waals surface area contributed by atoms with Crippen molar-refractivity contribution in [2.24, 2.45) is 0 Å². The highest BCUT2D eigenvalue weighted by atomic mass is 16.5. The number of esters is 1. The summed E-state index contributed by atoms with van der Waals surface area (Å²) in [5.41, 5.74) is 2.11. The Labute approximate surface area is 192 Å². The highest BCUT2D eigenvalue weighted by Gasteiger charge is 2.20. The molecule has 0 radical (unpaired) electrons. The van der Waals surface area contributed by atoms with E-state index >= 15 is 0 Å². The number of ether oxygens (including phenoxy) is 2. The Morgan fingerprint density at radius 3 is 2.48 bits per heavy atom. The number of carbonyl (C=O) groups excluding carboxylic acids is 2. The molecule has 0 fully saturated rings. The summed E-state index contributed by atoms with van der Waals surface area (Å²) in [4.78, 5) is 39.1. The van der Waals surface area contributed by atoms with Gasteiger partial charge in [-0.05, 0) is 50.5 Å². The van der Waals surface area contributed by atoms with Crippen molar-refractivity contribution >= 4 is 22.8 Å². The fourth-order valence-electron chi connectivity index (χ4n) is 3.65. The van der Waals surface area contributed by atoms with Crippen molar-refractivity contribution in [2.75, 3.05) is 13.7 Å². The van der Waals surface area contributed by atoms with E-state index in [1.54, 1.807) is 24.1 Å². The standard InChI is InChI=1S/C26H29NO6/c1-17(2)27(15-19-8-6-5-7-9-19)24(28)16-32-25(29)13-12-22-18(3)21-11-10-20(31-4)14-23(21)33-26(22)30/h5-11,14,17H,12-13,15-16H2,1-4H3. The zero-order valence-electron chi connectivity index (χ0n) is 19.4. The molecule has 7 heteroatoms. The number of amides is 1. The molecule has 1 amide bonds. The number of carbonyl (C=O) groups is 2. The number of rotatable bonds is 9. The van der Waals surface area contributed by atoms with E-state index in [4.69, 9.17) is 13.9 Å².